The number of hydrogen-bond donors (Lipinski definition) is 0. The zero-order valence-electron chi connectivity index (χ0n) is 19.8. The minimum Gasteiger partial charge on any atom is -0.439 e. The first-order valence-corrected chi connectivity index (χ1v) is 12.0. The minimum atomic E-state index is -0.0328. The molecule has 0 N–H and O–H groups in total. The lowest BCUT2D eigenvalue weighted by molar-refractivity contribution is 0.0506. The molecule has 1 fully saturated rings. The van der Waals surface area contributed by atoms with Crippen LogP contribution in [0.1, 0.15) is 28.8 Å². The summed E-state index contributed by atoms with van der Waals surface area (Å²) in [5.41, 5.74) is 3.30. The molecule has 2 heterocycles. The molecule has 0 saturated carbocycles. The van der Waals surface area contributed by atoms with Crippen molar-refractivity contribution in [3.05, 3.63) is 102 Å². The van der Waals surface area contributed by atoms with Crippen LogP contribution in [-0.2, 0) is 18.3 Å². The van der Waals surface area contributed by atoms with Gasteiger partial charge in [-0.3, -0.25) is 4.79 Å². The number of carbonyl (C=O) groups is 1. The number of ether oxygens (including phenoxy) is 2. The molecule has 1 aliphatic rings. The Morgan fingerprint density at radius 1 is 1.00 bits per heavy atom. The lowest BCUT2D eigenvalue weighted by atomic mass is 10.1. The fraction of sp³-hybridized carbons (Fsp3) is 0.241. The third-order valence-corrected chi connectivity index (χ3v) is 6.20. The Morgan fingerprint density at radius 3 is 2.31 bits per heavy atom. The Hall–Kier alpha value is -3.90. The predicted molar refractivity (Wildman–Crippen MR) is 135 cm³/mol. The Kier molecular flexibility index (Phi) is 6.91. The highest BCUT2D eigenvalue weighted by Gasteiger charge is 2.28. The zero-order valence-corrected chi connectivity index (χ0v) is 19.8. The SMILES string of the molecule is Cn1nc(-c2ccccc2)c(CN(C[C@@H]2CCCO2)C(=O)c2ccccc2)c1Oc1ccccc1. The molecule has 0 unspecified atom stereocenters. The number of benzene rings is 3. The number of aryl methyl sites for hydroxylation is 1. The second kappa shape index (κ2) is 10.6. The van der Waals surface area contributed by atoms with Crippen LogP contribution in [0.15, 0.2) is 91.0 Å². The summed E-state index contributed by atoms with van der Waals surface area (Å²) >= 11 is 0. The van der Waals surface area contributed by atoms with Gasteiger partial charge in [0.15, 0.2) is 0 Å². The number of rotatable bonds is 8. The van der Waals surface area contributed by atoms with E-state index in [1.54, 1.807) is 4.68 Å². The molecule has 1 amide bonds. The van der Waals surface area contributed by atoms with Gasteiger partial charge in [0, 0.05) is 31.3 Å². The van der Waals surface area contributed by atoms with Gasteiger partial charge >= 0.3 is 0 Å². The molecular weight excluding hydrogens is 438 g/mol. The van der Waals surface area contributed by atoms with Crippen molar-refractivity contribution in [1.82, 2.24) is 14.7 Å². The van der Waals surface area contributed by atoms with Crippen molar-refractivity contribution < 1.29 is 14.3 Å². The van der Waals surface area contributed by atoms with Crippen LogP contribution < -0.4 is 4.74 Å². The fourth-order valence-electron chi connectivity index (χ4n) is 4.46. The third-order valence-electron chi connectivity index (χ3n) is 6.20. The third kappa shape index (κ3) is 5.28. The topological polar surface area (TPSA) is 56.6 Å². The van der Waals surface area contributed by atoms with Crippen molar-refractivity contribution in [2.75, 3.05) is 13.2 Å². The maximum Gasteiger partial charge on any atom is 0.254 e. The van der Waals surface area contributed by atoms with Crippen LogP contribution in [0.2, 0.25) is 0 Å². The van der Waals surface area contributed by atoms with E-state index in [4.69, 9.17) is 14.6 Å². The molecule has 4 aromatic rings. The molecule has 6 heteroatoms. The smallest absolute Gasteiger partial charge is 0.254 e. The molecular formula is C29H29N3O3. The summed E-state index contributed by atoms with van der Waals surface area (Å²) in [7, 11) is 1.87. The Balaban J connectivity index is 1.55. The average Bonchev–Trinajstić information content (AvgIpc) is 3.53. The number of aromatic nitrogens is 2. The van der Waals surface area contributed by atoms with Gasteiger partial charge in [0.25, 0.3) is 5.91 Å². The Morgan fingerprint density at radius 2 is 1.66 bits per heavy atom. The van der Waals surface area contributed by atoms with E-state index in [0.717, 1.165) is 42.0 Å². The van der Waals surface area contributed by atoms with Crippen LogP contribution in [0.3, 0.4) is 0 Å². The van der Waals surface area contributed by atoms with Gasteiger partial charge in [-0.1, -0.05) is 66.7 Å². The Labute approximate surface area is 205 Å². The quantitative estimate of drug-likeness (QED) is 0.334. The lowest BCUT2D eigenvalue weighted by Crippen LogP contribution is -2.37. The van der Waals surface area contributed by atoms with Crippen LogP contribution in [0.25, 0.3) is 11.3 Å². The second-order valence-electron chi connectivity index (χ2n) is 8.72. The summed E-state index contributed by atoms with van der Waals surface area (Å²) < 4.78 is 14.0. The predicted octanol–water partition coefficient (Wildman–Crippen LogP) is 5.70. The molecule has 1 saturated heterocycles. The number of hydrogen-bond acceptors (Lipinski definition) is 4. The highest BCUT2D eigenvalue weighted by molar-refractivity contribution is 5.94. The van der Waals surface area contributed by atoms with E-state index in [0.29, 0.717) is 24.5 Å². The van der Waals surface area contributed by atoms with Crippen molar-refractivity contribution in [1.29, 1.82) is 0 Å². The molecule has 1 aromatic heterocycles. The summed E-state index contributed by atoms with van der Waals surface area (Å²) in [5, 5.41) is 4.82. The van der Waals surface area contributed by atoms with E-state index in [1.165, 1.54) is 0 Å². The summed E-state index contributed by atoms with van der Waals surface area (Å²) in [5.74, 6) is 1.30. The van der Waals surface area contributed by atoms with Gasteiger partial charge in [0.05, 0.1) is 18.2 Å². The molecule has 178 valence electrons. The van der Waals surface area contributed by atoms with E-state index in [2.05, 4.69) is 0 Å². The summed E-state index contributed by atoms with van der Waals surface area (Å²) in [6, 6.07) is 29.1. The van der Waals surface area contributed by atoms with Gasteiger partial charge < -0.3 is 14.4 Å². The molecule has 1 atom stereocenters. The largest absolute Gasteiger partial charge is 0.439 e. The summed E-state index contributed by atoms with van der Waals surface area (Å²) in [6.45, 7) is 1.61. The average molecular weight is 468 g/mol. The standard InChI is InChI=1S/C29H29N3O3/c1-31-29(35-24-16-9-4-10-17-24)26(27(30-31)22-12-5-2-6-13-22)21-32(20-25-18-11-19-34-25)28(33)23-14-7-3-8-15-23/h2-10,12-17,25H,11,18-21H2,1H3/t25-/m0/s1. The lowest BCUT2D eigenvalue weighted by Gasteiger charge is -2.26. The molecule has 0 aliphatic carbocycles. The van der Waals surface area contributed by atoms with Crippen LogP contribution in [0, 0.1) is 0 Å². The van der Waals surface area contributed by atoms with Crippen LogP contribution in [0.5, 0.6) is 11.6 Å². The number of carbonyl (C=O) groups excluding carboxylic acids is 1. The van der Waals surface area contributed by atoms with Crippen molar-refractivity contribution in [3.8, 4) is 22.9 Å². The molecule has 0 radical (unpaired) electrons. The van der Waals surface area contributed by atoms with Crippen molar-refractivity contribution in [2.45, 2.75) is 25.5 Å². The van der Waals surface area contributed by atoms with Crippen molar-refractivity contribution in [3.63, 3.8) is 0 Å². The molecule has 5 rings (SSSR count). The van der Waals surface area contributed by atoms with Crippen LogP contribution >= 0.6 is 0 Å². The fourth-order valence-corrected chi connectivity index (χ4v) is 4.46. The number of para-hydroxylation sites is 1. The first-order chi connectivity index (χ1) is 17.2. The first kappa shape index (κ1) is 22.9. The van der Waals surface area contributed by atoms with Crippen molar-refractivity contribution in [2.24, 2.45) is 7.05 Å². The van der Waals surface area contributed by atoms with Gasteiger partial charge in [-0.25, -0.2) is 4.68 Å². The highest BCUT2D eigenvalue weighted by Crippen LogP contribution is 2.34. The molecule has 6 nitrogen and oxygen atoms in total. The first-order valence-electron chi connectivity index (χ1n) is 12.0. The molecule has 1 aliphatic heterocycles. The van der Waals surface area contributed by atoms with Crippen molar-refractivity contribution >= 4 is 5.91 Å². The molecule has 0 bridgehead atoms. The van der Waals surface area contributed by atoms with Crippen LogP contribution in [-0.4, -0.2) is 39.8 Å². The van der Waals surface area contributed by atoms with Gasteiger partial charge in [-0.05, 0) is 37.1 Å². The normalized spacial score (nSPS) is 15.2. The second-order valence-corrected chi connectivity index (χ2v) is 8.72. The maximum absolute atomic E-state index is 13.7. The minimum absolute atomic E-state index is 0.0259. The zero-order chi connectivity index (χ0) is 24.0. The number of amides is 1. The van der Waals surface area contributed by atoms with E-state index >= 15 is 0 Å². The van der Waals surface area contributed by atoms with Gasteiger partial charge in [-0.15, -0.1) is 0 Å². The van der Waals surface area contributed by atoms with E-state index in [1.807, 2.05) is 103 Å². The summed E-state index contributed by atoms with van der Waals surface area (Å²) in [4.78, 5) is 15.5. The monoisotopic (exact) mass is 467 g/mol. The molecule has 35 heavy (non-hydrogen) atoms. The molecule has 3 aromatic carbocycles. The van der Waals surface area contributed by atoms with E-state index < -0.39 is 0 Å². The molecule has 0 spiro atoms. The van der Waals surface area contributed by atoms with Gasteiger partial charge in [0.2, 0.25) is 5.88 Å². The van der Waals surface area contributed by atoms with Gasteiger partial charge in [0.1, 0.15) is 11.4 Å². The highest BCUT2D eigenvalue weighted by atomic mass is 16.5. The van der Waals surface area contributed by atoms with E-state index in [-0.39, 0.29) is 12.0 Å². The Bertz CT molecular complexity index is 1250. The van der Waals surface area contributed by atoms with E-state index in [9.17, 15) is 4.79 Å². The maximum atomic E-state index is 13.7. The summed E-state index contributed by atoms with van der Waals surface area (Å²) in [6.07, 6.45) is 1.99. The number of nitrogens with zero attached hydrogens (tertiary/aromatic N) is 3. The van der Waals surface area contributed by atoms with Gasteiger partial charge in [-0.2, -0.15) is 5.10 Å². The van der Waals surface area contributed by atoms with Crippen LogP contribution in [0.4, 0.5) is 0 Å².